The van der Waals surface area contributed by atoms with Gasteiger partial charge in [-0.05, 0) is 51.4 Å². The van der Waals surface area contributed by atoms with Crippen molar-refractivity contribution in [3.05, 3.63) is 29.3 Å². The van der Waals surface area contributed by atoms with Gasteiger partial charge in [-0.1, -0.05) is 0 Å². The summed E-state index contributed by atoms with van der Waals surface area (Å²) in [6.07, 6.45) is 2.79. The van der Waals surface area contributed by atoms with Gasteiger partial charge in [0.2, 0.25) is 18.2 Å². The summed E-state index contributed by atoms with van der Waals surface area (Å²) in [4.78, 5) is 50.9. The molecule has 12 heteroatoms. The van der Waals surface area contributed by atoms with E-state index in [2.05, 4.69) is 29.6 Å². The van der Waals surface area contributed by atoms with Crippen molar-refractivity contribution in [2.24, 2.45) is 5.92 Å². The van der Waals surface area contributed by atoms with Crippen molar-refractivity contribution in [1.29, 1.82) is 0 Å². The van der Waals surface area contributed by atoms with Gasteiger partial charge in [0.1, 0.15) is 17.7 Å². The summed E-state index contributed by atoms with van der Waals surface area (Å²) in [6.45, 7) is 2.73. The predicted octanol–water partition coefficient (Wildman–Crippen LogP) is 1.20. The lowest BCUT2D eigenvalue weighted by atomic mass is 9.89. The lowest BCUT2D eigenvalue weighted by Gasteiger charge is -2.42. The summed E-state index contributed by atoms with van der Waals surface area (Å²) < 4.78 is 34.3. The Kier molecular flexibility index (Phi) is 8.25. The fraction of sp³-hybridized carbons (Fsp3) is 0.600. The number of piperidine rings is 1. The molecule has 4 aliphatic rings. The van der Waals surface area contributed by atoms with E-state index < -0.39 is 35.5 Å². The van der Waals surface area contributed by atoms with E-state index in [1.54, 1.807) is 4.90 Å². The molecule has 1 aromatic rings. The third-order valence-electron chi connectivity index (χ3n) is 6.84. The summed E-state index contributed by atoms with van der Waals surface area (Å²) in [5, 5.41) is 4.77. The molecule has 202 valence electrons. The maximum absolute atomic E-state index is 14.6. The zero-order chi connectivity index (χ0) is 26.7. The molecule has 1 atom stereocenters. The third-order valence-corrected chi connectivity index (χ3v) is 6.84. The Labute approximate surface area is 214 Å². The van der Waals surface area contributed by atoms with Crippen molar-refractivity contribution in [2.45, 2.75) is 43.7 Å². The van der Waals surface area contributed by atoms with Crippen molar-refractivity contribution in [3.8, 4) is 0 Å². The maximum Gasteiger partial charge on any atom is 0.407 e. The first-order valence-corrected chi connectivity index (χ1v) is 12.5. The molecule has 10 nitrogen and oxygen atoms in total. The molecule has 4 fully saturated rings. The highest BCUT2D eigenvalue weighted by Gasteiger charge is 2.35. The van der Waals surface area contributed by atoms with Crippen LogP contribution in [0.5, 0.6) is 0 Å². The first kappa shape index (κ1) is 26.8. The van der Waals surface area contributed by atoms with Crippen molar-refractivity contribution < 1.29 is 32.7 Å². The number of carbonyl (C=O) groups excluding carboxylic acids is 4. The fourth-order valence-electron chi connectivity index (χ4n) is 4.64. The average molecular weight is 522 g/mol. The standard InChI is InChI=1S/C19H20F2N4O5.C6H13N/c20-14-3-11(4-15(21)17(14)13-1-2-16(27)23-18(13)28)25-5-10(6-25)22-19(29)30-12-7-24(8-12)9-26;1-7(2)5-6-3-4-6/h3-4,9-10,12-13H,1-2,5-8H2,(H,22,29)(H,23,27,28);6H,3-5H2,1-2H3. The molecule has 37 heavy (non-hydrogen) atoms. The van der Waals surface area contributed by atoms with Crippen LogP contribution in [-0.4, -0.2) is 93.1 Å². The molecule has 3 heterocycles. The largest absolute Gasteiger partial charge is 0.442 e. The summed E-state index contributed by atoms with van der Waals surface area (Å²) >= 11 is 0. The molecule has 2 N–H and O–H groups in total. The Morgan fingerprint density at radius 3 is 2.30 bits per heavy atom. The molecule has 1 unspecified atom stereocenters. The Bertz CT molecular complexity index is 1020. The molecule has 1 aliphatic carbocycles. The van der Waals surface area contributed by atoms with Gasteiger partial charge in [-0.15, -0.1) is 0 Å². The lowest BCUT2D eigenvalue weighted by Crippen LogP contribution is -2.61. The minimum absolute atomic E-state index is 0.0284. The molecular formula is C25H33F2N5O5. The molecule has 4 amide bonds. The highest BCUT2D eigenvalue weighted by atomic mass is 19.1. The highest BCUT2D eigenvalue weighted by molar-refractivity contribution is 6.01. The summed E-state index contributed by atoms with van der Waals surface area (Å²) in [5.41, 5.74) is -0.0412. The van der Waals surface area contributed by atoms with E-state index in [9.17, 15) is 28.0 Å². The van der Waals surface area contributed by atoms with Crippen molar-refractivity contribution in [1.82, 2.24) is 20.4 Å². The molecule has 1 aromatic carbocycles. The van der Waals surface area contributed by atoms with E-state index in [4.69, 9.17) is 4.74 Å². The topological polar surface area (TPSA) is 111 Å². The van der Waals surface area contributed by atoms with Crippen LogP contribution >= 0.6 is 0 Å². The van der Waals surface area contributed by atoms with E-state index >= 15 is 0 Å². The van der Waals surface area contributed by atoms with Gasteiger partial charge < -0.3 is 24.8 Å². The smallest absolute Gasteiger partial charge is 0.407 e. The number of likely N-dealkylation sites (tertiary alicyclic amines) is 1. The van der Waals surface area contributed by atoms with E-state index in [1.165, 1.54) is 24.3 Å². The number of nitrogens with zero attached hydrogens (tertiary/aromatic N) is 3. The number of benzene rings is 1. The Balaban J connectivity index is 0.000000396. The quantitative estimate of drug-likeness (QED) is 0.410. The van der Waals surface area contributed by atoms with Crippen LogP contribution in [0.2, 0.25) is 0 Å². The lowest BCUT2D eigenvalue weighted by molar-refractivity contribution is -0.134. The molecule has 0 aromatic heterocycles. The Morgan fingerprint density at radius 1 is 1.14 bits per heavy atom. The first-order valence-electron chi connectivity index (χ1n) is 12.5. The van der Waals surface area contributed by atoms with Gasteiger partial charge in [-0.3, -0.25) is 19.7 Å². The van der Waals surface area contributed by atoms with Gasteiger partial charge in [0.15, 0.2) is 0 Å². The minimum atomic E-state index is -1.04. The Hall–Kier alpha value is -3.28. The maximum atomic E-state index is 14.6. The summed E-state index contributed by atoms with van der Waals surface area (Å²) in [5.74, 6) is -2.84. The predicted molar refractivity (Wildman–Crippen MR) is 130 cm³/mol. The molecule has 3 saturated heterocycles. The van der Waals surface area contributed by atoms with Crippen molar-refractivity contribution in [3.63, 3.8) is 0 Å². The van der Waals surface area contributed by atoms with E-state index in [0.717, 1.165) is 18.1 Å². The zero-order valence-electron chi connectivity index (χ0n) is 21.0. The number of hydrogen-bond donors (Lipinski definition) is 2. The van der Waals surface area contributed by atoms with Crippen LogP contribution in [0.3, 0.4) is 0 Å². The van der Waals surface area contributed by atoms with Gasteiger partial charge in [-0.2, -0.15) is 0 Å². The van der Waals surface area contributed by atoms with Gasteiger partial charge in [0.25, 0.3) is 0 Å². The summed E-state index contributed by atoms with van der Waals surface area (Å²) in [6, 6.07) is 2.07. The van der Waals surface area contributed by atoms with Crippen molar-refractivity contribution in [2.75, 3.05) is 51.7 Å². The number of amides is 4. The van der Waals surface area contributed by atoms with Crippen LogP contribution in [0, 0.1) is 17.6 Å². The van der Waals surface area contributed by atoms with E-state index in [-0.39, 0.29) is 30.6 Å². The van der Waals surface area contributed by atoms with E-state index in [1.807, 2.05) is 0 Å². The normalized spacial score (nSPS) is 21.9. The molecule has 5 rings (SSSR count). The number of carbonyl (C=O) groups is 4. The van der Waals surface area contributed by atoms with Crippen LogP contribution < -0.4 is 15.5 Å². The summed E-state index contributed by atoms with van der Waals surface area (Å²) in [7, 11) is 4.27. The van der Waals surface area contributed by atoms with Crippen LogP contribution in [0.15, 0.2) is 12.1 Å². The second kappa shape index (κ2) is 11.4. The van der Waals surface area contributed by atoms with Gasteiger partial charge in [-0.25, -0.2) is 13.6 Å². The second-order valence-corrected chi connectivity index (χ2v) is 10.4. The molecule has 0 radical (unpaired) electrons. The van der Waals surface area contributed by atoms with Crippen molar-refractivity contribution >= 4 is 30.0 Å². The monoisotopic (exact) mass is 521 g/mol. The number of nitrogens with one attached hydrogen (secondary N) is 2. The van der Waals surface area contributed by atoms with Crippen LogP contribution in [0.4, 0.5) is 19.3 Å². The number of rotatable bonds is 7. The number of ether oxygens (including phenoxy) is 1. The van der Waals surface area contributed by atoms with Gasteiger partial charge >= 0.3 is 6.09 Å². The molecule has 0 spiro atoms. The van der Waals surface area contributed by atoms with E-state index in [0.29, 0.717) is 38.3 Å². The highest BCUT2D eigenvalue weighted by Crippen LogP contribution is 2.33. The van der Waals surface area contributed by atoms with Crippen LogP contribution in [0.1, 0.15) is 37.2 Å². The fourth-order valence-corrected chi connectivity index (χ4v) is 4.64. The van der Waals surface area contributed by atoms with Crippen LogP contribution in [0.25, 0.3) is 0 Å². The third kappa shape index (κ3) is 6.94. The average Bonchev–Trinajstić information content (AvgIpc) is 3.57. The number of alkyl carbamates (subject to hydrolysis) is 1. The molecule has 3 aliphatic heterocycles. The molecular weight excluding hydrogens is 488 g/mol. The SMILES string of the molecule is CN(C)CC1CC1.O=CN1CC(OC(=O)NC2CN(c3cc(F)c(C4CCC(=O)NC4=O)c(F)c3)C2)C1. The second-order valence-electron chi connectivity index (χ2n) is 10.4. The molecule has 1 saturated carbocycles. The number of imide groups is 1. The number of hydrogen-bond acceptors (Lipinski definition) is 7. The Morgan fingerprint density at radius 2 is 1.78 bits per heavy atom. The number of anilines is 1. The van der Waals surface area contributed by atoms with Gasteiger partial charge in [0, 0.05) is 37.3 Å². The van der Waals surface area contributed by atoms with Crippen LogP contribution in [-0.2, 0) is 19.1 Å². The molecule has 0 bridgehead atoms. The zero-order valence-corrected chi connectivity index (χ0v) is 21.0. The van der Waals surface area contributed by atoms with Gasteiger partial charge in [0.05, 0.1) is 25.0 Å². The minimum Gasteiger partial charge on any atom is -0.442 e. The number of halogens is 2. The first-order chi connectivity index (χ1) is 17.6.